The number of nitrogens with two attached hydrogens (primary N) is 1. The average molecular weight is 214 g/mol. The molecule has 0 unspecified atom stereocenters. The Balaban J connectivity index is 1.93. The number of hydrogen-bond donors (Lipinski definition) is 2. The van der Waals surface area contributed by atoms with Gasteiger partial charge in [0.05, 0.1) is 19.8 Å². The van der Waals surface area contributed by atoms with Gasteiger partial charge in [-0.1, -0.05) is 0 Å². The molecular formula is C8H14N4O3. The van der Waals surface area contributed by atoms with Crippen LogP contribution in [-0.2, 0) is 9.53 Å². The molecule has 2 heterocycles. The van der Waals surface area contributed by atoms with Crippen molar-refractivity contribution < 1.29 is 14.3 Å². The molecular weight excluding hydrogens is 200 g/mol. The van der Waals surface area contributed by atoms with Crippen LogP contribution in [0.1, 0.15) is 0 Å². The molecule has 0 bridgehead atoms. The summed E-state index contributed by atoms with van der Waals surface area (Å²) in [5, 5.41) is 3.55. The first-order valence-corrected chi connectivity index (χ1v) is 4.88. The van der Waals surface area contributed by atoms with Gasteiger partial charge in [0.15, 0.2) is 0 Å². The largest absolute Gasteiger partial charge is 0.378 e. The summed E-state index contributed by atoms with van der Waals surface area (Å²) < 4.78 is 5.14. The molecule has 3 N–H and O–H groups in total. The van der Waals surface area contributed by atoms with Gasteiger partial charge in [-0.05, 0) is 0 Å². The van der Waals surface area contributed by atoms with Crippen molar-refractivity contribution in [2.24, 2.45) is 5.84 Å². The van der Waals surface area contributed by atoms with Crippen molar-refractivity contribution in [1.29, 1.82) is 0 Å². The summed E-state index contributed by atoms with van der Waals surface area (Å²) >= 11 is 0. The molecule has 2 rings (SSSR count). The highest BCUT2D eigenvalue weighted by molar-refractivity contribution is 5.90. The predicted octanol–water partition coefficient (Wildman–Crippen LogP) is -1.89. The fourth-order valence-corrected chi connectivity index (χ4v) is 1.70. The summed E-state index contributed by atoms with van der Waals surface area (Å²) in [4.78, 5) is 24.6. The van der Waals surface area contributed by atoms with E-state index >= 15 is 0 Å². The summed E-state index contributed by atoms with van der Waals surface area (Å²) in [5.41, 5.74) is 0. The number of nitrogens with zero attached hydrogens (tertiary/aromatic N) is 2. The van der Waals surface area contributed by atoms with Crippen molar-refractivity contribution in [3.8, 4) is 0 Å². The van der Waals surface area contributed by atoms with Gasteiger partial charge in [-0.15, -0.1) is 0 Å². The van der Waals surface area contributed by atoms with Gasteiger partial charge >= 0.3 is 6.03 Å². The van der Waals surface area contributed by atoms with E-state index < -0.39 is 12.1 Å². The van der Waals surface area contributed by atoms with Crippen molar-refractivity contribution in [3.05, 3.63) is 0 Å². The SMILES string of the molecule is NN1C[C@@H](C(=O)N2CCOCC2)NC1=O. The van der Waals surface area contributed by atoms with E-state index in [-0.39, 0.29) is 12.5 Å². The Bertz CT molecular complexity index is 277. The fraction of sp³-hybridized carbons (Fsp3) is 0.750. The molecule has 0 aliphatic carbocycles. The average Bonchev–Trinajstić information content (AvgIpc) is 2.59. The molecule has 7 nitrogen and oxygen atoms in total. The predicted molar refractivity (Wildman–Crippen MR) is 50.6 cm³/mol. The van der Waals surface area contributed by atoms with Gasteiger partial charge < -0.3 is 15.0 Å². The van der Waals surface area contributed by atoms with Crippen LogP contribution in [0, 0.1) is 0 Å². The normalized spacial score (nSPS) is 26.7. The zero-order valence-electron chi connectivity index (χ0n) is 8.31. The Morgan fingerprint density at radius 3 is 2.67 bits per heavy atom. The molecule has 15 heavy (non-hydrogen) atoms. The van der Waals surface area contributed by atoms with Crippen molar-refractivity contribution in [3.63, 3.8) is 0 Å². The minimum atomic E-state index is -0.513. The molecule has 1 atom stereocenters. The standard InChI is InChI=1S/C8H14N4O3/c9-12-5-6(10-8(12)14)7(13)11-1-3-15-4-2-11/h6H,1-5,9H2,(H,10,14)/t6-/m0/s1. The van der Waals surface area contributed by atoms with E-state index in [9.17, 15) is 9.59 Å². The van der Waals surface area contributed by atoms with Crippen LogP contribution in [-0.4, -0.2) is 60.7 Å². The molecule has 3 amide bonds. The Morgan fingerprint density at radius 1 is 1.47 bits per heavy atom. The van der Waals surface area contributed by atoms with Gasteiger partial charge in [0.1, 0.15) is 6.04 Å². The van der Waals surface area contributed by atoms with E-state index in [0.29, 0.717) is 26.3 Å². The molecule has 0 aromatic carbocycles. The van der Waals surface area contributed by atoms with Crippen LogP contribution >= 0.6 is 0 Å². The number of morpholine rings is 1. The second-order valence-corrected chi connectivity index (χ2v) is 3.59. The first-order valence-electron chi connectivity index (χ1n) is 4.88. The lowest BCUT2D eigenvalue weighted by molar-refractivity contribution is -0.136. The van der Waals surface area contributed by atoms with Gasteiger partial charge in [0, 0.05) is 13.1 Å². The molecule has 84 valence electrons. The van der Waals surface area contributed by atoms with Crippen molar-refractivity contribution >= 4 is 11.9 Å². The molecule has 2 saturated heterocycles. The summed E-state index contributed by atoms with van der Waals surface area (Å²) in [5.74, 6) is 5.28. The van der Waals surface area contributed by atoms with Crippen molar-refractivity contribution in [1.82, 2.24) is 15.2 Å². The third kappa shape index (κ3) is 2.02. The van der Waals surface area contributed by atoms with Crippen LogP contribution in [0.25, 0.3) is 0 Å². The minimum Gasteiger partial charge on any atom is -0.378 e. The van der Waals surface area contributed by atoms with Crippen molar-refractivity contribution in [2.75, 3.05) is 32.8 Å². The third-order valence-corrected chi connectivity index (χ3v) is 2.56. The van der Waals surface area contributed by atoms with E-state index in [1.54, 1.807) is 4.90 Å². The van der Waals surface area contributed by atoms with E-state index in [2.05, 4.69) is 5.32 Å². The molecule has 7 heteroatoms. The maximum Gasteiger partial charge on any atom is 0.332 e. The number of carbonyl (C=O) groups excluding carboxylic acids is 2. The smallest absolute Gasteiger partial charge is 0.332 e. The highest BCUT2D eigenvalue weighted by Crippen LogP contribution is 2.05. The fourth-order valence-electron chi connectivity index (χ4n) is 1.70. The van der Waals surface area contributed by atoms with Gasteiger partial charge in [0.25, 0.3) is 0 Å². The molecule has 2 aliphatic rings. The monoisotopic (exact) mass is 214 g/mol. The highest BCUT2D eigenvalue weighted by atomic mass is 16.5. The van der Waals surface area contributed by atoms with Gasteiger partial charge in [-0.3, -0.25) is 9.80 Å². The van der Waals surface area contributed by atoms with Crippen molar-refractivity contribution in [2.45, 2.75) is 6.04 Å². The summed E-state index contributed by atoms with van der Waals surface area (Å²) in [6.07, 6.45) is 0. The zero-order valence-corrected chi connectivity index (χ0v) is 8.31. The number of amides is 3. The van der Waals surface area contributed by atoms with Crippen LogP contribution in [0.2, 0.25) is 0 Å². The van der Waals surface area contributed by atoms with Crippen LogP contribution in [0.15, 0.2) is 0 Å². The van der Waals surface area contributed by atoms with Crippen LogP contribution in [0.5, 0.6) is 0 Å². The molecule has 0 saturated carbocycles. The molecule has 0 aromatic heterocycles. The first-order chi connectivity index (χ1) is 7.18. The second kappa shape index (κ2) is 4.03. The molecule has 2 fully saturated rings. The maximum atomic E-state index is 11.9. The zero-order chi connectivity index (χ0) is 10.8. The van der Waals surface area contributed by atoms with E-state index in [4.69, 9.17) is 10.6 Å². The Kier molecular flexibility index (Phi) is 2.74. The van der Waals surface area contributed by atoms with Gasteiger partial charge in [-0.2, -0.15) is 0 Å². The number of urea groups is 1. The third-order valence-electron chi connectivity index (χ3n) is 2.56. The summed E-state index contributed by atoms with van der Waals surface area (Å²) in [6.45, 7) is 2.50. The maximum absolute atomic E-state index is 11.9. The lowest BCUT2D eigenvalue weighted by atomic mass is 10.2. The number of carbonyl (C=O) groups is 2. The number of nitrogens with one attached hydrogen (secondary N) is 1. The minimum absolute atomic E-state index is 0.0837. The number of rotatable bonds is 1. The topological polar surface area (TPSA) is 87.9 Å². The van der Waals surface area contributed by atoms with E-state index in [0.717, 1.165) is 5.01 Å². The molecule has 0 radical (unpaired) electrons. The number of hydrogen-bond acceptors (Lipinski definition) is 4. The lowest BCUT2D eigenvalue weighted by Crippen LogP contribution is -2.49. The van der Waals surface area contributed by atoms with Gasteiger partial charge in [-0.25, -0.2) is 10.6 Å². The van der Waals surface area contributed by atoms with Crippen LogP contribution in [0.3, 0.4) is 0 Å². The quantitative estimate of drug-likeness (QED) is 0.395. The molecule has 0 aromatic rings. The van der Waals surface area contributed by atoms with Crippen LogP contribution in [0.4, 0.5) is 4.79 Å². The summed E-state index contributed by atoms with van der Waals surface area (Å²) in [7, 11) is 0. The molecule has 2 aliphatic heterocycles. The van der Waals surface area contributed by atoms with E-state index in [1.165, 1.54) is 0 Å². The Hall–Kier alpha value is -1.34. The first kappa shape index (κ1) is 10.2. The Labute approximate surface area is 87.1 Å². The van der Waals surface area contributed by atoms with Gasteiger partial charge in [0.2, 0.25) is 5.91 Å². The number of ether oxygens (including phenoxy) is 1. The second-order valence-electron chi connectivity index (χ2n) is 3.59. The Morgan fingerprint density at radius 2 is 2.13 bits per heavy atom. The van der Waals surface area contributed by atoms with E-state index in [1.807, 2.05) is 0 Å². The van der Waals surface area contributed by atoms with Crippen LogP contribution < -0.4 is 11.2 Å². The highest BCUT2D eigenvalue weighted by Gasteiger charge is 2.34. The number of hydrazine groups is 1. The summed E-state index contributed by atoms with van der Waals surface area (Å²) in [6, 6.07) is -0.915. The lowest BCUT2D eigenvalue weighted by Gasteiger charge is -2.28. The molecule has 0 spiro atoms.